The number of benzene rings is 1. The Morgan fingerprint density at radius 3 is 2.62 bits per heavy atom. The van der Waals surface area contributed by atoms with Crippen molar-refractivity contribution in [1.29, 1.82) is 0 Å². The predicted molar refractivity (Wildman–Crippen MR) is 130 cm³/mol. The van der Waals surface area contributed by atoms with Gasteiger partial charge >= 0.3 is 0 Å². The first-order valence-corrected chi connectivity index (χ1v) is 11.7. The molecule has 5 rings (SSSR count). The van der Waals surface area contributed by atoms with Crippen LogP contribution in [0, 0.1) is 18.6 Å². The van der Waals surface area contributed by atoms with Crippen LogP contribution in [-0.2, 0) is 21.6 Å². The number of ether oxygens (including phenoxy) is 3. The molecule has 37 heavy (non-hydrogen) atoms. The summed E-state index contributed by atoms with van der Waals surface area (Å²) in [5.74, 6) is -2.80. The maximum Gasteiger partial charge on any atom is 0.271 e. The molecule has 0 atom stereocenters. The molecule has 1 aromatic carbocycles. The highest BCUT2D eigenvalue weighted by Gasteiger charge is 2.44. The Morgan fingerprint density at radius 2 is 1.89 bits per heavy atom. The number of hydrogen-bond donors (Lipinski definition) is 1. The number of carbonyl (C=O) groups is 1. The molecule has 0 spiro atoms. The van der Waals surface area contributed by atoms with Crippen molar-refractivity contribution in [2.24, 2.45) is 0 Å². The second-order valence-corrected chi connectivity index (χ2v) is 9.34. The third-order valence-electron chi connectivity index (χ3n) is 6.26. The molecular formula is C27H26F2N4O4. The molecule has 0 saturated carbocycles. The Balaban J connectivity index is 1.45. The van der Waals surface area contributed by atoms with Crippen LogP contribution in [-0.4, -0.2) is 39.3 Å². The molecule has 4 heterocycles. The Labute approximate surface area is 212 Å². The smallest absolute Gasteiger partial charge is 0.271 e. The van der Waals surface area contributed by atoms with E-state index in [4.69, 9.17) is 14.2 Å². The number of aromatic nitrogens is 3. The molecule has 0 unspecified atom stereocenters. The van der Waals surface area contributed by atoms with Crippen LogP contribution >= 0.6 is 0 Å². The van der Waals surface area contributed by atoms with Crippen LogP contribution in [0.2, 0.25) is 0 Å². The van der Waals surface area contributed by atoms with E-state index in [2.05, 4.69) is 15.3 Å². The van der Waals surface area contributed by atoms with Crippen LogP contribution < -0.4 is 10.1 Å². The highest BCUT2D eigenvalue weighted by atomic mass is 19.2. The van der Waals surface area contributed by atoms with Gasteiger partial charge in [0.25, 0.3) is 5.91 Å². The lowest BCUT2D eigenvalue weighted by atomic mass is 9.94. The molecule has 0 bridgehead atoms. The lowest BCUT2D eigenvalue weighted by Gasteiger charge is -2.43. The number of aryl methyl sites for hydroxylation is 1. The summed E-state index contributed by atoms with van der Waals surface area (Å²) in [7, 11) is 0. The Kier molecular flexibility index (Phi) is 6.38. The van der Waals surface area contributed by atoms with E-state index in [1.807, 2.05) is 26.0 Å². The first kappa shape index (κ1) is 24.8. The maximum absolute atomic E-state index is 14.1. The van der Waals surface area contributed by atoms with Crippen LogP contribution in [0.1, 0.15) is 41.3 Å². The number of rotatable bonds is 6. The minimum absolute atomic E-state index is 0.0702. The maximum atomic E-state index is 14.1. The SMILES string of the molecule is Cc1nc2c(OCc3cccc(F)c3F)cccn2c1C(=O)NC1(c2ccccn2)COC(C)(C)OC1. The summed E-state index contributed by atoms with van der Waals surface area (Å²) in [6, 6.07) is 12.7. The fraction of sp³-hybridized carbons (Fsp3) is 0.296. The molecule has 0 aliphatic carbocycles. The van der Waals surface area contributed by atoms with Gasteiger partial charge in [0.2, 0.25) is 0 Å². The van der Waals surface area contributed by atoms with E-state index in [0.29, 0.717) is 22.8 Å². The van der Waals surface area contributed by atoms with Gasteiger partial charge in [-0.05, 0) is 51.1 Å². The van der Waals surface area contributed by atoms with Gasteiger partial charge in [-0.1, -0.05) is 18.2 Å². The first-order chi connectivity index (χ1) is 17.7. The van der Waals surface area contributed by atoms with Crippen molar-refractivity contribution in [2.45, 2.75) is 38.7 Å². The Morgan fingerprint density at radius 1 is 1.11 bits per heavy atom. The summed E-state index contributed by atoms with van der Waals surface area (Å²) in [6.07, 6.45) is 3.33. The molecule has 1 aliphatic heterocycles. The van der Waals surface area contributed by atoms with Crippen molar-refractivity contribution in [3.05, 3.63) is 95.2 Å². The topological polar surface area (TPSA) is 87.0 Å². The quantitative estimate of drug-likeness (QED) is 0.418. The van der Waals surface area contributed by atoms with Crippen molar-refractivity contribution in [3.8, 4) is 5.75 Å². The van der Waals surface area contributed by atoms with Gasteiger partial charge in [-0.2, -0.15) is 0 Å². The average Bonchev–Trinajstić information content (AvgIpc) is 3.23. The van der Waals surface area contributed by atoms with Crippen LogP contribution in [0.25, 0.3) is 5.65 Å². The van der Waals surface area contributed by atoms with Gasteiger partial charge in [0.05, 0.1) is 24.6 Å². The Hall–Kier alpha value is -3.89. The van der Waals surface area contributed by atoms with Crippen LogP contribution in [0.5, 0.6) is 5.75 Å². The average molecular weight is 509 g/mol. The van der Waals surface area contributed by atoms with Crippen molar-refractivity contribution >= 4 is 11.6 Å². The number of hydrogen-bond acceptors (Lipinski definition) is 6. The Bertz CT molecular complexity index is 1450. The molecule has 192 valence electrons. The number of nitrogens with one attached hydrogen (secondary N) is 1. The van der Waals surface area contributed by atoms with Crippen LogP contribution in [0.15, 0.2) is 60.9 Å². The molecule has 1 N–H and O–H groups in total. The van der Waals surface area contributed by atoms with Gasteiger partial charge in [0.1, 0.15) is 17.8 Å². The summed E-state index contributed by atoms with van der Waals surface area (Å²) in [5.41, 5.74) is 0.767. The minimum atomic E-state index is -1.02. The number of pyridine rings is 2. The van der Waals surface area contributed by atoms with Crippen LogP contribution in [0.4, 0.5) is 8.78 Å². The highest BCUT2D eigenvalue weighted by Crippen LogP contribution is 2.31. The van der Waals surface area contributed by atoms with Gasteiger partial charge in [0.15, 0.2) is 28.8 Å². The van der Waals surface area contributed by atoms with Crippen molar-refractivity contribution in [1.82, 2.24) is 19.7 Å². The van der Waals surface area contributed by atoms with Crippen molar-refractivity contribution < 1.29 is 27.8 Å². The summed E-state index contributed by atoms with van der Waals surface area (Å²) in [6.45, 7) is 5.44. The molecule has 1 saturated heterocycles. The number of carbonyl (C=O) groups excluding carboxylic acids is 1. The standard InChI is InChI=1S/C27H26F2N4O4/c1-17-23(25(34)32-27(21-11-4-5-12-30-21)15-36-26(2,3)37-16-27)33-13-7-10-20(24(33)31-17)35-14-18-8-6-9-19(28)22(18)29/h4-13H,14-16H2,1-3H3,(H,32,34). The van der Waals surface area contributed by atoms with Crippen molar-refractivity contribution in [2.75, 3.05) is 13.2 Å². The molecule has 4 aromatic rings. The van der Waals surface area contributed by atoms with E-state index < -0.39 is 28.9 Å². The molecule has 1 aliphatic rings. The first-order valence-electron chi connectivity index (χ1n) is 11.7. The van der Waals surface area contributed by atoms with Crippen molar-refractivity contribution in [3.63, 3.8) is 0 Å². The largest absolute Gasteiger partial charge is 0.485 e. The van der Waals surface area contributed by atoms with E-state index in [-0.39, 0.29) is 31.1 Å². The van der Waals surface area contributed by atoms with Gasteiger partial charge in [-0.15, -0.1) is 0 Å². The van der Waals surface area contributed by atoms with E-state index in [1.54, 1.807) is 41.9 Å². The van der Waals surface area contributed by atoms with E-state index in [1.165, 1.54) is 12.1 Å². The number of nitrogens with zero attached hydrogens (tertiary/aromatic N) is 3. The van der Waals surface area contributed by atoms with Crippen LogP contribution in [0.3, 0.4) is 0 Å². The second-order valence-electron chi connectivity index (χ2n) is 9.34. The van der Waals surface area contributed by atoms with Gasteiger partial charge in [0, 0.05) is 18.0 Å². The molecule has 3 aromatic heterocycles. The number of imidazole rings is 1. The summed E-state index contributed by atoms with van der Waals surface area (Å²) < 4.78 is 46.9. The fourth-order valence-corrected chi connectivity index (χ4v) is 4.24. The summed E-state index contributed by atoms with van der Waals surface area (Å²) >= 11 is 0. The highest BCUT2D eigenvalue weighted by molar-refractivity contribution is 5.95. The third kappa shape index (κ3) is 4.77. The number of amides is 1. The molecule has 10 heteroatoms. The fourth-order valence-electron chi connectivity index (χ4n) is 4.24. The molecule has 1 amide bonds. The third-order valence-corrected chi connectivity index (χ3v) is 6.26. The summed E-state index contributed by atoms with van der Waals surface area (Å²) in [4.78, 5) is 22.7. The monoisotopic (exact) mass is 508 g/mol. The second kappa shape index (κ2) is 9.53. The predicted octanol–water partition coefficient (Wildman–Crippen LogP) is 4.30. The zero-order valence-electron chi connectivity index (χ0n) is 20.6. The van der Waals surface area contributed by atoms with Gasteiger partial charge in [-0.3, -0.25) is 14.2 Å². The van der Waals surface area contributed by atoms with E-state index in [0.717, 1.165) is 6.07 Å². The molecule has 8 nitrogen and oxygen atoms in total. The lowest BCUT2D eigenvalue weighted by Crippen LogP contribution is -2.59. The number of halogens is 2. The summed E-state index contributed by atoms with van der Waals surface area (Å²) in [5, 5.41) is 3.07. The van der Waals surface area contributed by atoms with E-state index in [9.17, 15) is 13.6 Å². The zero-order valence-corrected chi connectivity index (χ0v) is 20.6. The molecular weight excluding hydrogens is 482 g/mol. The lowest BCUT2D eigenvalue weighted by molar-refractivity contribution is -0.272. The van der Waals surface area contributed by atoms with Gasteiger partial charge < -0.3 is 19.5 Å². The minimum Gasteiger partial charge on any atom is -0.485 e. The molecule has 1 fully saturated rings. The number of fused-ring (bicyclic) bond motifs is 1. The molecule has 0 radical (unpaired) electrons. The van der Waals surface area contributed by atoms with Gasteiger partial charge in [-0.25, -0.2) is 13.8 Å². The zero-order chi connectivity index (χ0) is 26.2. The van der Waals surface area contributed by atoms with E-state index >= 15 is 0 Å². The normalized spacial score (nSPS) is 16.5.